The van der Waals surface area contributed by atoms with Gasteiger partial charge in [-0.25, -0.2) is 0 Å². The van der Waals surface area contributed by atoms with Crippen molar-refractivity contribution in [2.45, 2.75) is 0 Å². The normalized spacial score (nSPS) is 10.3. The van der Waals surface area contributed by atoms with Crippen LogP contribution in [0.4, 0.5) is 0 Å². The molecule has 18 heavy (non-hydrogen) atoms. The van der Waals surface area contributed by atoms with Crippen molar-refractivity contribution in [2.75, 3.05) is 13.5 Å². The van der Waals surface area contributed by atoms with E-state index in [2.05, 4.69) is 0 Å². The molecule has 0 fully saturated rings. The lowest BCUT2D eigenvalue weighted by molar-refractivity contribution is 0.239. The van der Waals surface area contributed by atoms with E-state index in [0.717, 1.165) is 11.5 Å². The van der Waals surface area contributed by atoms with Gasteiger partial charge in [0, 0.05) is 7.11 Å². The quantitative estimate of drug-likeness (QED) is 0.735. The largest absolute Gasteiger partial charge is 0.437 e. The van der Waals surface area contributed by atoms with Crippen molar-refractivity contribution in [1.29, 1.82) is 0 Å². The van der Waals surface area contributed by atoms with Gasteiger partial charge in [-0.1, -0.05) is 36.4 Å². The monoisotopic (exact) mass is 262 g/mol. The van der Waals surface area contributed by atoms with Gasteiger partial charge in [-0.05, 0) is 24.3 Å². The Morgan fingerprint density at radius 3 is 1.61 bits per heavy atom. The van der Waals surface area contributed by atoms with Gasteiger partial charge < -0.3 is 13.8 Å². The highest BCUT2D eigenvalue weighted by molar-refractivity contribution is 7.47. The van der Waals surface area contributed by atoms with Crippen LogP contribution in [0.2, 0.25) is 0 Å². The van der Waals surface area contributed by atoms with E-state index in [0.29, 0.717) is 6.35 Å². The summed E-state index contributed by atoms with van der Waals surface area (Å²) in [7, 11) is 0.501. The topological polar surface area (TPSA) is 27.7 Å². The predicted octanol–water partition coefficient (Wildman–Crippen LogP) is 4.06. The molecule has 0 amide bonds. The lowest BCUT2D eigenvalue weighted by atomic mass is 10.3. The van der Waals surface area contributed by atoms with Crippen LogP contribution in [0.5, 0.6) is 11.5 Å². The van der Waals surface area contributed by atoms with E-state index >= 15 is 0 Å². The van der Waals surface area contributed by atoms with E-state index in [9.17, 15) is 0 Å². The summed E-state index contributed by atoms with van der Waals surface area (Å²) < 4.78 is 16.7. The van der Waals surface area contributed by atoms with E-state index < -0.39 is 8.38 Å². The Labute approximate surface area is 108 Å². The van der Waals surface area contributed by atoms with Crippen molar-refractivity contribution < 1.29 is 13.8 Å². The van der Waals surface area contributed by atoms with E-state index in [4.69, 9.17) is 13.8 Å². The van der Waals surface area contributed by atoms with Crippen LogP contribution in [-0.2, 0) is 4.74 Å². The second-order valence-corrected chi connectivity index (χ2v) is 4.85. The summed E-state index contributed by atoms with van der Waals surface area (Å²) in [4.78, 5) is 0. The highest BCUT2D eigenvalue weighted by Crippen LogP contribution is 2.39. The Balaban J connectivity index is 2.00. The summed E-state index contributed by atoms with van der Waals surface area (Å²) in [5.74, 6) is 1.58. The first-order valence-corrected chi connectivity index (χ1v) is 6.97. The number of para-hydroxylation sites is 2. The summed E-state index contributed by atoms with van der Waals surface area (Å²) >= 11 is 0. The van der Waals surface area contributed by atoms with Crippen molar-refractivity contribution in [3.63, 3.8) is 0 Å². The average molecular weight is 262 g/mol. The number of methoxy groups -OCH3 is 1. The maximum atomic E-state index is 5.78. The fraction of sp³-hybridized carbons (Fsp3) is 0.143. The molecule has 2 aromatic rings. The Hall–Kier alpha value is -1.57. The average Bonchev–Trinajstić information content (AvgIpc) is 2.41. The second kappa shape index (κ2) is 7.00. The van der Waals surface area contributed by atoms with Crippen molar-refractivity contribution in [3.05, 3.63) is 60.7 Å². The third kappa shape index (κ3) is 4.02. The Kier molecular flexibility index (Phi) is 5.00. The maximum Gasteiger partial charge on any atom is 0.318 e. The SMILES string of the molecule is COCP(Oc1ccccc1)Oc1ccccc1. The summed E-state index contributed by atoms with van der Waals surface area (Å²) in [6, 6.07) is 19.2. The lowest BCUT2D eigenvalue weighted by Crippen LogP contribution is -2.01. The molecule has 4 heteroatoms. The zero-order valence-electron chi connectivity index (χ0n) is 10.2. The van der Waals surface area contributed by atoms with Gasteiger partial charge in [-0.3, -0.25) is 0 Å². The van der Waals surface area contributed by atoms with Crippen LogP contribution in [-0.4, -0.2) is 13.5 Å². The molecule has 0 saturated carbocycles. The first-order chi connectivity index (χ1) is 8.88. The van der Waals surface area contributed by atoms with Gasteiger partial charge in [-0.2, -0.15) is 0 Å². The van der Waals surface area contributed by atoms with Gasteiger partial charge in [0.15, 0.2) is 0 Å². The van der Waals surface area contributed by atoms with Crippen molar-refractivity contribution in [3.8, 4) is 11.5 Å². The molecule has 0 bridgehead atoms. The van der Waals surface area contributed by atoms with Crippen molar-refractivity contribution >= 4 is 8.38 Å². The summed E-state index contributed by atoms with van der Waals surface area (Å²) in [5.41, 5.74) is 0. The van der Waals surface area contributed by atoms with Crippen molar-refractivity contribution in [2.24, 2.45) is 0 Å². The molecule has 0 heterocycles. The second-order valence-electron chi connectivity index (χ2n) is 3.56. The minimum absolute atomic E-state index is 0.430. The lowest BCUT2D eigenvalue weighted by Gasteiger charge is -2.17. The summed E-state index contributed by atoms with van der Waals surface area (Å²) in [6.07, 6.45) is 0.430. The zero-order chi connectivity index (χ0) is 12.6. The van der Waals surface area contributed by atoms with Gasteiger partial charge in [0.25, 0.3) is 0 Å². The van der Waals surface area contributed by atoms with Crippen LogP contribution in [0.1, 0.15) is 0 Å². The zero-order valence-corrected chi connectivity index (χ0v) is 11.0. The number of ether oxygens (including phenoxy) is 1. The highest BCUT2D eigenvalue weighted by Gasteiger charge is 2.14. The van der Waals surface area contributed by atoms with Crippen LogP contribution >= 0.6 is 8.38 Å². The molecule has 0 aliphatic rings. The van der Waals surface area contributed by atoms with Gasteiger partial charge in [-0.15, -0.1) is 0 Å². The first-order valence-electron chi connectivity index (χ1n) is 5.61. The Morgan fingerprint density at radius 2 is 1.22 bits per heavy atom. The Bertz CT molecular complexity index is 406. The molecular formula is C14H15O3P. The van der Waals surface area contributed by atoms with E-state index in [1.54, 1.807) is 7.11 Å². The smallest absolute Gasteiger partial charge is 0.318 e. The molecule has 0 aliphatic heterocycles. The van der Waals surface area contributed by atoms with Gasteiger partial charge in [0.05, 0.1) is 0 Å². The van der Waals surface area contributed by atoms with Gasteiger partial charge in [0.1, 0.15) is 17.8 Å². The molecule has 0 unspecified atom stereocenters. The molecule has 2 aromatic carbocycles. The molecule has 0 N–H and O–H groups in total. The summed E-state index contributed by atoms with van der Waals surface area (Å²) in [5, 5.41) is 0. The standard InChI is InChI=1S/C14H15O3P/c1-15-12-18(16-13-8-4-2-5-9-13)17-14-10-6-3-7-11-14/h2-11H,12H2,1H3. The minimum atomic E-state index is -1.14. The number of hydrogen-bond donors (Lipinski definition) is 0. The van der Waals surface area contributed by atoms with Crippen LogP contribution in [0, 0.1) is 0 Å². The fourth-order valence-electron chi connectivity index (χ4n) is 1.37. The minimum Gasteiger partial charge on any atom is -0.437 e. The van der Waals surface area contributed by atoms with E-state index in [1.165, 1.54) is 0 Å². The van der Waals surface area contributed by atoms with E-state index in [-0.39, 0.29) is 0 Å². The third-order valence-electron chi connectivity index (χ3n) is 2.14. The van der Waals surface area contributed by atoms with Crippen LogP contribution in [0.3, 0.4) is 0 Å². The predicted molar refractivity (Wildman–Crippen MR) is 72.9 cm³/mol. The molecule has 3 nitrogen and oxygen atoms in total. The van der Waals surface area contributed by atoms with E-state index in [1.807, 2.05) is 60.7 Å². The van der Waals surface area contributed by atoms with Crippen molar-refractivity contribution in [1.82, 2.24) is 0 Å². The fourth-order valence-corrected chi connectivity index (χ4v) is 2.44. The molecular weight excluding hydrogens is 247 g/mol. The number of rotatable bonds is 6. The Morgan fingerprint density at radius 1 is 0.778 bits per heavy atom. The molecule has 0 saturated heterocycles. The summed E-state index contributed by atoms with van der Waals surface area (Å²) in [6.45, 7) is 0. The molecule has 0 atom stereocenters. The third-order valence-corrected chi connectivity index (χ3v) is 3.43. The molecule has 0 aromatic heterocycles. The number of hydrogen-bond acceptors (Lipinski definition) is 3. The molecule has 94 valence electrons. The molecule has 2 rings (SSSR count). The van der Waals surface area contributed by atoms with Gasteiger partial charge >= 0.3 is 8.38 Å². The van der Waals surface area contributed by atoms with Gasteiger partial charge in [0.2, 0.25) is 0 Å². The maximum absolute atomic E-state index is 5.78. The first kappa shape index (κ1) is 12.9. The van der Waals surface area contributed by atoms with Crippen LogP contribution in [0.15, 0.2) is 60.7 Å². The molecule has 0 radical (unpaired) electrons. The number of benzene rings is 2. The molecule has 0 spiro atoms. The van der Waals surface area contributed by atoms with Crippen LogP contribution < -0.4 is 9.05 Å². The molecule has 0 aliphatic carbocycles. The van der Waals surface area contributed by atoms with Crippen LogP contribution in [0.25, 0.3) is 0 Å². The highest BCUT2D eigenvalue weighted by atomic mass is 31.2.